The van der Waals surface area contributed by atoms with Gasteiger partial charge in [0.15, 0.2) is 0 Å². The standard InChI is InChI=1S/C19H29N2.Sn/c1-4-7-11-16-12-10-14-18-19(16)17(13-8-5-2)20-21(18)15-9-6-3;/h12,14H,4-9,11,13,15H2,1-3H3;. The first-order valence-corrected chi connectivity index (χ1v) is 10.4. The van der Waals surface area contributed by atoms with Gasteiger partial charge in [-0.15, -0.1) is 0 Å². The maximum absolute atomic E-state index is 5.00. The third-order valence-electron chi connectivity index (χ3n) is 4.30. The van der Waals surface area contributed by atoms with E-state index in [4.69, 9.17) is 5.10 Å². The van der Waals surface area contributed by atoms with E-state index in [0.29, 0.717) is 0 Å². The summed E-state index contributed by atoms with van der Waals surface area (Å²) in [6.07, 6.45) is 9.80. The summed E-state index contributed by atoms with van der Waals surface area (Å²) in [5.41, 5.74) is 4.27. The van der Waals surface area contributed by atoms with Crippen molar-refractivity contribution in [2.45, 2.75) is 78.7 Å². The normalized spacial score (nSPS) is 11.5. The monoisotopic (exact) mass is 405 g/mol. The Balaban J connectivity index is 2.49. The molecule has 1 aromatic heterocycles. The fraction of sp³-hybridized carbons (Fsp3) is 0.632. The summed E-state index contributed by atoms with van der Waals surface area (Å²) in [7, 11) is 0. The Bertz CT molecular complexity index is 601. The topological polar surface area (TPSA) is 17.8 Å². The molecule has 1 aromatic carbocycles. The molecule has 2 rings (SSSR count). The third kappa shape index (κ3) is 4.27. The van der Waals surface area contributed by atoms with Crippen molar-refractivity contribution in [3.05, 3.63) is 23.4 Å². The molecule has 2 nitrogen and oxygen atoms in total. The predicted octanol–water partition coefficient (Wildman–Crippen LogP) is 4.32. The molecule has 0 N–H and O–H groups in total. The van der Waals surface area contributed by atoms with E-state index in [0.717, 1.165) is 13.0 Å². The zero-order valence-electron chi connectivity index (χ0n) is 14.4. The van der Waals surface area contributed by atoms with Crippen molar-refractivity contribution in [3.8, 4) is 0 Å². The van der Waals surface area contributed by atoms with Gasteiger partial charge in [-0.1, -0.05) is 0 Å². The van der Waals surface area contributed by atoms with Crippen molar-refractivity contribution in [1.29, 1.82) is 0 Å². The fourth-order valence-electron chi connectivity index (χ4n) is 3.03. The van der Waals surface area contributed by atoms with Crippen LogP contribution < -0.4 is 3.58 Å². The van der Waals surface area contributed by atoms with Crippen LogP contribution in [0.15, 0.2) is 12.1 Å². The van der Waals surface area contributed by atoms with Crippen molar-refractivity contribution in [2.24, 2.45) is 0 Å². The second-order valence-electron chi connectivity index (χ2n) is 6.26. The molecule has 22 heavy (non-hydrogen) atoms. The molecule has 0 bridgehead atoms. The van der Waals surface area contributed by atoms with Crippen molar-refractivity contribution < 1.29 is 0 Å². The second-order valence-corrected chi connectivity index (χ2v) is 7.91. The van der Waals surface area contributed by atoms with E-state index in [1.165, 1.54) is 87.6 Å². The first-order valence-electron chi connectivity index (χ1n) is 8.95. The Hall–Kier alpha value is -0.511. The predicted molar refractivity (Wildman–Crippen MR) is 97.3 cm³/mol. The summed E-state index contributed by atoms with van der Waals surface area (Å²) >= 11 is 1.51. The molecule has 119 valence electrons. The zero-order valence-corrected chi connectivity index (χ0v) is 17.3. The molecular weight excluding hydrogens is 375 g/mol. The molecule has 0 aliphatic carbocycles. The van der Waals surface area contributed by atoms with Crippen molar-refractivity contribution >= 4 is 37.0 Å². The first-order chi connectivity index (χ1) is 10.7. The number of fused-ring (bicyclic) bond motifs is 1. The fourth-order valence-corrected chi connectivity index (χ4v) is 3.92. The van der Waals surface area contributed by atoms with Crippen molar-refractivity contribution in [2.75, 3.05) is 0 Å². The van der Waals surface area contributed by atoms with Gasteiger partial charge >= 0.3 is 149 Å². The molecule has 0 atom stereocenters. The zero-order chi connectivity index (χ0) is 15.9. The molecule has 3 radical (unpaired) electrons. The van der Waals surface area contributed by atoms with Crippen LogP contribution in [0.4, 0.5) is 0 Å². The molecule has 0 saturated carbocycles. The summed E-state index contributed by atoms with van der Waals surface area (Å²) < 4.78 is 3.75. The first kappa shape index (κ1) is 17.8. The molecule has 0 spiro atoms. The number of hydrogen-bond donors (Lipinski definition) is 0. The number of aryl methyl sites for hydroxylation is 3. The molecule has 0 unspecified atom stereocenters. The van der Waals surface area contributed by atoms with Crippen LogP contribution in [0.2, 0.25) is 0 Å². The van der Waals surface area contributed by atoms with Gasteiger partial charge in [-0.25, -0.2) is 0 Å². The number of aromatic nitrogens is 2. The van der Waals surface area contributed by atoms with Gasteiger partial charge in [0.25, 0.3) is 0 Å². The summed E-state index contributed by atoms with van der Waals surface area (Å²) in [5.74, 6) is 0. The maximum atomic E-state index is 5.00. The van der Waals surface area contributed by atoms with Crippen molar-refractivity contribution in [3.63, 3.8) is 0 Å². The second kappa shape index (κ2) is 8.95. The molecule has 0 aliphatic heterocycles. The number of hydrogen-bond acceptors (Lipinski definition) is 1. The molecule has 0 fully saturated rings. The van der Waals surface area contributed by atoms with Gasteiger partial charge in [0.2, 0.25) is 0 Å². The van der Waals surface area contributed by atoms with Crippen LogP contribution in [0.25, 0.3) is 10.9 Å². The number of nitrogens with zero attached hydrogens (tertiary/aromatic N) is 2. The van der Waals surface area contributed by atoms with Gasteiger partial charge in [-0.3, -0.25) is 0 Å². The van der Waals surface area contributed by atoms with Gasteiger partial charge in [0, 0.05) is 0 Å². The molecule has 0 amide bonds. The van der Waals surface area contributed by atoms with E-state index < -0.39 is 0 Å². The van der Waals surface area contributed by atoms with Gasteiger partial charge in [-0.05, 0) is 0 Å². The van der Waals surface area contributed by atoms with Crippen LogP contribution in [-0.4, -0.2) is 32.3 Å². The van der Waals surface area contributed by atoms with E-state index in [9.17, 15) is 0 Å². The van der Waals surface area contributed by atoms with E-state index in [2.05, 4.69) is 37.6 Å². The summed E-state index contributed by atoms with van der Waals surface area (Å²) in [4.78, 5) is 0. The van der Waals surface area contributed by atoms with Gasteiger partial charge in [0.1, 0.15) is 0 Å². The van der Waals surface area contributed by atoms with E-state index in [1.54, 1.807) is 5.56 Å². The molecule has 1 heterocycles. The summed E-state index contributed by atoms with van der Waals surface area (Å²) in [5, 5.41) is 6.48. The number of rotatable bonds is 9. The van der Waals surface area contributed by atoms with Crippen LogP contribution in [0.1, 0.15) is 70.6 Å². The van der Waals surface area contributed by atoms with Crippen molar-refractivity contribution in [1.82, 2.24) is 9.78 Å². The SMILES string of the molecule is CCCCc1c[c]([Sn])cc2c1c(CCCC)nn2CCCC. The Morgan fingerprint density at radius 2 is 1.64 bits per heavy atom. The van der Waals surface area contributed by atoms with Gasteiger partial charge < -0.3 is 0 Å². The van der Waals surface area contributed by atoms with Crippen LogP contribution >= 0.6 is 0 Å². The quantitative estimate of drug-likeness (QED) is 0.570. The Labute approximate surface area is 148 Å². The molecule has 0 aliphatic rings. The molecule has 0 saturated heterocycles. The average molecular weight is 404 g/mol. The number of benzene rings is 1. The average Bonchev–Trinajstić information content (AvgIpc) is 2.86. The Morgan fingerprint density at radius 1 is 0.955 bits per heavy atom. The molecular formula is C19H29N2Sn. The van der Waals surface area contributed by atoms with Gasteiger partial charge in [-0.2, -0.15) is 0 Å². The minimum atomic E-state index is 1.06. The summed E-state index contributed by atoms with van der Waals surface area (Å²) in [6.45, 7) is 7.86. The molecule has 3 heteroatoms. The van der Waals surface area contributed by atoms with E-state index in [-0.39, 0.29) is 0 Å². The Morgan fingerprint density at radius 3 is 2.32 bits per heavy atom. The minimum absolute atomic E-state index is 1.06. The van der Waals surface area contributed by atoms with Crippen LogP contribution in [0, 0.1) is 0 Å². The number of unbranched alkanes of at least 4 members (excludes halogenated alkanes) is 3. The summed E-state index contributed by atoms with van der Waals surface area (Å²) in [6, 6.07) is 4.80. The Kier molecular flexibility index (Phi) is 7.26. The van der Waals surface area contributed by atoms with E-state index in [1.807, 2.05) is 0 Å². The van der Waals surface area contributed by atoms with Crippen LogP contribution in [-0.2, 0) is 19.4 Å². The van der Waals surface area contributed by atoms with Crippen LogP contribution in [0.3, 0.4) is 0 Å². The third-order valence-corrected chi connectivity index (χ3v) is 5.12. The molecule has 2 aromatic rings. The van der Waals surface area contributed by atoms with Gasteiger partial charge in [0.05, 0.1) is 0 Å². The van der Waals surface area contributed by atoms with Crippen LogP contribution in [0.5, 0.6) is 0 Å². The van der Waals surface area contributed by atoms with E-state index >= 15 is 0 Å².